The van der Waals surface area contributed by atoms with Crippen molar-refractivity contribution in [1.82, 2.24) is 0 Å². The summed E-state index contributed by atoms with van der Waals surface area (Å²) in [6.07, 6.45) is 2.34. The second kappa shape index (κ2) is 7.97. The number of halogens is 1. The quantitative estimate of drug-likeness (QED) is 0.590. The number of fused-ring (bicyclic) bond motifs is 1. The van der Waals surface area contributed by atoms with E-state index in [0.29, 0.717) is 5.56 Å². The van der Waals surface area contributed by atoms with E-state index in [-0.39, 0.29) is 5.91 Å². The third-order valence-corrected chi connectivity index (χ3v) is 5.37. The van der Waals surface area contributed by atoms with Crippen LogP contribution in [-0.2, 0) is 13.0 Å². The highest BCUT2D eigenvalue weighted by atomic mass is 79.9. The molecule has 136 valence electrons. The summed E-state index contributed by atoms with van der Waals surface area (Å²) in [6, 6.07) is 24.1. The van der Waals surface area contributed by atoms with E-state index >= 15 is 0 Å². The van der Waals surface area contributed by atoms with E-state index in [9.17, 15) is 4.79 Å². The van der Waals surface area contributed by atoms with Crippen LogP contribution < -0.4 is 10.2 Å². The van der Waals surface area contributed by atoms with E-state index in [0.717, 1.165) is 29.7 Å². The zero-order chi connectivity index (χ0) is 18.6. The molecule has 0 radical (unpaired) electrons. The maximum atomic E-state index is 12.5. The Morgan fingerprint density at radius 3 is 2.63 bits per heavy atom. The van der Waals surface area contributed by atoms with Crippen LogP contribution in [0.3, 0.4) is 0 Å². The van der Waals surface area contributed by atoms with Crippen LogP contribution in [0, 0.1) is 0 Å². The first kappa shape index (κ1) is 17.8. The first-order chi connectivity index (χ1) is 13.2. The van der Waals surface area contributed by atoms with E-state index in [2.05, 4.69) is 50.4 Å². The summed E-state index contributed by atoms with van der Waals surface area (Å²) in [6.45, 7) is 1.94. The van der Waals surface area contributed by atoms with Gasteiger partial charge in [-0.25, -0.2) is 0 Å². The molecule has 3 nitrogen and oxygen atoms in total. The van der Waals surface area contributed by atoms with Crippen molar-refractivity contribution in [2.45, 2.75) is 19.4 Å². The van der Waals surface area contributed by atoms with Crippen molar-refractivity contribution in [3.63, 3.8) is 0 Å². The standard InChI is InChI=1S/C23H21BrN2O/c24-20-7-3-8-21(15-20)25-23(27)19-12-10-17(11-13-19)16-26-14-4-6-18-5-1-2-9-22(18)26/h1-3,5,7-13,15H,4,6,14,16H2,(H,25,27). The van der Waals surface area contributed by atoms with Crippen LogP contribution in [0.5, 0.6) is 0 Å². The number of nitrogens with zero attached hydrogens (tertiary/aromatic N) is 1. The molecule has 0 bridgehead atoms. The molecule has 4 rings (SSSR count). The summed E-state index contributed by atoms with van der Waals surface area (Å²) in [5.41, 5.74) is 5.42. The topological polar surface area (TPSA) is 32.3 Å². The average molecular weight is 421 g/mol. The van der Waals surface area contributed by atoms with Gasteiger partial charge in [-0.05, 0) is 60.4 Å². The van der Waals surface area contributed by atoms with E-state index < -0.39 is 0 Å². The summed E-state index contributed by atoms with van der Waals surface area (Å²) in [4.78, 5) is 14.9. The molecular weight excluding hydrogens is 400 g/mol. The van der Waals surface area contributed by atoms with Gasteiger partial charge in [0.25, 0.3) is 5.91 Å². The molecule has 1 amide bonds. The Labute approximate surface area is 168 Å². The minimum atomic E-state index is -0.0945. The average Bonchev–Trinajstić information content (AvgIpc) is 2.69. The Balaban J connectivity index is 1.44. The van der Waals surface area contributed by atoms with Gasteiger partial charge < -0.3 is 10.2 Å². The third kappa shape index (κ3) is 4.22. The number of nitrogens with one attached hydrogen (secondary N) is 1. The number of hydrogen-bond acceptors (Lipinski definition) is 2. The minimum absolute atomic E-state index is 0.0945. The lowest BCUT2D eigenvalue weighted by molar-refractivity contribution is 0.102. The van der Waals surface area contributed by atoms with Gasteiger partial charge in [0, 0.05) is 34.5 Å². The number of benzene rings is 3. The number of aryl methyl sites for hydroxylation is 1. The molecule has 0 aliphatic carbocycles. The van der Waals surface area contributed by atoms with Gasteiger partial charge in [0.2, 0.25) is 0 Å². The first-order valence-corrected chi connectivity index (χ1v) is 9.97. The molecule has 0 saturated carbocycles. The Bertz CT molecular complexity index is 953. The second-order valence-corrected chi connectivity index (χ2v) is 7.73. The molecule has 3 aromatic rings. The van der Waals surface area contributed by atoms with Crippen molar-refractivity contribution >= 4 is 33.2 Å². The zero-order valence-electron chi connectivity index (χ0n) is 15.0. The normalized spacial score (nSPS) is 13.1. The maximum Gasteiger partial charge on any atom is 0.255 e. The van der Waals surface area contributed by atoms with Gasteiger partial charge in [0.1, 0.15) is 0 Å². The lowest BCUT2D eigenvalue weighted by Crippen LogP contribution is -2.28. The highest BCUT2D eigenvalue weighted by Crippen LogP contribution is 2.28. The number of anilines is 2. The number of carbonyl (C=O) groups is 1. The molecule has 0 unspecified atom stereocenters. The van der Waals surface area contributed by atoms with Crippen molar-refractivity contribution in [3.8, 4) is 0 Å². The molecule has 0 aromatic heterocycles. The number of carbonyl (C=O) groups excluding carboxylic acids is 1. The Kier molecular flexibility index (Phi) is 5.26. The number of hydrogen-bond donors (Lipinski definition) is 1. The summed E-state index contributed by atoms with van der Waals surface area (Å²) in [5, 5.41) is 2.93. The van der Waals surface area contributed by atoms with Crippen LogP contribution in [-0.4, -0.2) is 12.5 Å². The van der Waals surface area contributed by atoms with Crippen LogP contribution in [0.1, 0.15) is 27.9 Å². The van der Waals surface area contributed by atoms with Crippen LogP contribution in [0.25, 0.3) is 0 Å². The fourth-order valence-electron chi connectivity index (χ4n) is 3.53. The lowest BCUT2D eigenvalue weighted by Gasteiger charge is -2.31. The molecule has 0 atom stereocenters. The Morgan fingerprint density at radius 1 is 1.00 bits per heavy atom. The van der Waals surface area contributed by atoms with Gasteiger partial charge in [0.15, 0.2) is 0 Å². The second-order valence-electron chi connectivity index (χ2n) is 6.82. The van der Waals surface area contributed by atoms with E-state index in [1.807, 2.05) is 48.5 Å². The highest BCUT2D eigenvalue weighted by molar-refractivity contribution is 9.10. The van der Waals surface area contributed by atoms with Crippen molar-refractivity contribution in [2.24, 2.45) is 0 Å². The summed E-state index contributed by atoms with van der Waals surface area (Å²) < 4.78 is 0.942. The molecule has 27 heavy (non-hydrogen) atoms. The summed E-state index contributed by atoms with van der Waals surface area (Å²) >= 11 is 3.42. The molecule has 0 spiro atoms. The molecule has 1 heterocycles. The van der Waals surface area contributed by atoms with Crippen molar-refractivity contribution in [1.29, 1.82) is 0 Å². The predicted molar refractivity (Wildman–Crippen MR) is 114 cm³/mol. The van der Waals surface area contributed by atoms with Crippen molar-refractivity contribution < 1.29 is 4.79 Å². The van der Waals surface area contributed by atoms with Crippen LogP contribution in [0.4, 0.5) is 11.4 Å². The number of amides is 1. The molecule has 1 aliphatic heterocycles. The lowest BCUT2D eigenvalue weighted by atomic mass is 10.0. The van der Waals surface area contributed by atoms with E-state index in [4.69, 9.17) is 0 Å². The molecule has 1 N–H and O–H groups in total. The summed E-state index contributed by atoms with van der Waals surface area (Å²) in [7, 11) is 0. The fourth-order valence-corrected chi connectivity index (χ4v) is 3.93. The van der Waals surface area contributed by atoms with Gasteiger partial charge in [0.05, 0.1) is 0 Å². The van der Waals surface area contributed by atoms with Crippen LogP contribution in [0.15, 0.2) is 77.3 Å². The van der Waals surface area contributed by atoms with Gasteiger partial charge >= 0.3 is 0 Å². The van der Waals surface area contributed by atoms with Crippen LogP contribution in [0.2, 0.25) is 0 Å². The molecule has 0 fully saturated rings. The molecule has 4 heteroatoms. The van der Waals surface area contributed by atoms with E-state index in [1.54, 1.807) is 0 Å². The number of para-hydroxylation sites is 1. The Hall–Kier alpha value is -2.59. The SMILES string of the molecule is O=C(Nc1cccc(Br)c1)c1ccc(CN2CCCc3ccccc32)cc1. The fraction of sp³-hybridized carbons (Fsp3) is 0.174. The van der Waals surface area contributed by atoms with Gasteiger partial charge in [-0.15, -0.1) is 0 Å². The molecule has 3 aromatic carbocycles. The Morgan fingerprint density at radius 2 is 1.81 bits per heavy atom. The minimum Gasteiger partial charge on any atom is -0.367 e. The first-order valence-electron chi connectivity index (χ1n) is 9.18. The third-order valence-electron chi connectivity index (χ3n) is 4.88. The van der Waals surface area contributed by atoms with Gasteiger partial charge in [-0.1, -0.05) is 52.3 Å². The molecule has 0 saturated heterocycles. The predicted octanol–water partition coefficient (Wildman–Crippen LogP) is 5.65. The largest absolute Gasteiger partial charge is 0.367 e. The molecular formula is C23H21BrN2O. The van der Waals surface area contributed by atoms with Crippen molar-refractivity contribution in [2.75, 3.05) is 16.8 Å². The zero-order valence-corrected chi connectivity index (χ0v) is 16.6. The highest BCUT2D eigenvalue weighted by Gasteiger charge is 2.16. The van der Waals surface area contributed by atoms with Crippen LogP contribution >= 0.6 is 15.9 Å². The smallest absolute Gasteiger partial charge is 0.255 e. The summed E-state index contributed by atoms with van der Waals surface area (Å²) in [5.74, 6) is -0.0945. The maximum absolute atomic E-state index is 12.5. The van der Waals surface area contributed by atoms with E-state index in [1.165, 1.54) is 23.2 Å². The van der Waals surface area contributed by atoms with Gasteiger partial charge in [-0.2, -0.15) is 0 Å². The van der Waals surface area contributed by atoms with Crippen molar-refractivity contribution in [3.05, 3.63) is 94.0 Å². The molecule has 1 aliphatic rings. The monoisotopic (exact) mass is 420 g/mol. The van der Waals surface area contributed by atoms with Gasteiger partial charge in [-0.3, -0.25) is 4.79 Å². The number of rotatable bonds is 4.